The number of rotatable bonds is 1. The maximum absolute atomic E-state index is 9.48. The van der Waals surface area contributed by atoms with Crippen LogP contribution in [-0.2, 0) is 0 Å². The van der Waals surface area contributed by atoms with E-state index in [1.165, 1.54) is 5.57 Å². The molecule has 0 aromatic rings. The van der Waals surface area contributed by atoms with Crippen LogP contribution in [0.25, 0.3) is 0 Å². The fourth-order valence-electron chi connectivity index (χ4n) is 1.62. The second-order valence-electron chi connectivity index (χ2n) is 3.23. The first-order chi connectivity index (χ1) is 4.74. The molecule has 0 heterocycles. The van der Waals surface area contributed by atoms with Crippen LogP contribution < -0.4 is 0 Å². The predicted molar refractivity (Wildman–Crippen MR) is 42.8 cm³/mol. The quantitative estimate of drug-likeness (QED) is 0.553. The Morgan fingerprint density at radius 1 is 1.70 bits per heavy atom. The van der Waals surface area contributed by atoms with E-state index in [-0.39, 0.29) is 6.10 Å². The topological polar surface area (TPSA) is 20.2 Å². The molecule has 0 aliphatic heterocycles. The van der Waals surface area contributed by atoms with Crippen molar-refractivity contribution in [3.63, 3.8) is 0 Å². The molecule has 1 saturated carbocycles. The van der Waals surface area contributed by atoms with E-state index >= 15 is 0 Å². The van der Waals surface area contributed by atoms with E-state index in [1.807, 2.05) is 0 Å². The first-order valence-electron chi connectivity index (χ1n) is 4.08. The summed E-state index contributed by atoms with van der Waals surface area (Å²) in [5.41, 5.74) is 1.22. The Kier molecular flexibility index (Phi) is 2.50. The molecule has 1 aliphatic rings. The Hall–Kier alpha value is -0.300. The Morgan fingerprint density at radius 3 is 2.90 bits per heavy atom. The molecule has 0 aromatic carbocycles. The molecule has 1 heteroatoms. The van der Waals surface area contributed by atoms with Crippen LogP contribution in [0, 0.1) is 5.92 Å². The molecule has 1 fully saturated rings. The fraction of sp³-hybridized carbons (Fsp3) is 0.778. The van der Waals surface area contributed by atoms with E-state index < -0.39 is 0 Å². The summed E-state index contributed by atoms with van der Waals surface area (Å²) in [5, 5.41) is 9.48. The standard InChI is InChI=1S/C9H16O/c1-3-8-5-4-7(2)6-9(8)10/h8-10H,2-6H2,1H3/t8-,9+/m0/s1. The van der Waals surface area contributed by atoms with Gasteiger partial charge in [0.1, 0.15) is 0 Å². The van der Waals surface area contributed by atoms with Crippen molar-refractivity contribution in [3.8, 4) is 0 Å². The molecule has 1 nitrogen and oxygen atoms in total. The smallest absolute Gasteiger partial charge is 0.0605 e. The minimum Gasteiger partial charge on any atom is -0.393 e. The minimum absolute atomic E-state index is 0.105. The highest BCUT2D eigenvalue weighted by Gasteiger charge is 2.22. The van der Waals surface area contributed by atoms with Crippen LogP contribution in [0.5, 0.6) is 0 Å². The highest BCUT2D eigenvalue weighted by Crippen LogP contribution is 2.29. The normalized spacial score (nSPS) is 34.4. The number of hydrogen-bond acceptors (Lipinski definition) is 1. The molecular weight excluding hydrogens is 124 g/mol. The molecule has 0 radical (unpaired) electrons. The van der Waals surface area contributed by atoms with E-state index in [4.69, 9.17) is 0 Å². The number of hydrogen-bond donors (Lipinski definition) is 1. The van der Waals surface area contributed by atoms with E-state index in [1.54, 1.807) is 0 Å². The molecule has 0 bridgehead atoms. The van der Waals surface area contributed by atoms with Gasteiger partial charge in [-0.1, -0.05) is 25.5 Å². The lowest BCUT2D eigenvalue weighted by atomic mass is 9.83. The van der Waals surface area contributed by atoms with Gasteiger partial charge in [-0.05, 0) is 25.2 Å². The summed E-state index contributed by atoms with van der Waals surface area (Å²) in [4.78, 5) is 0. The third-order valence-corrected chi connectivity index (χ3v) is 2.44. The van der Waals surface area contributed by atoms with Gasteiger partial charge in [-0.2, -0.15) is 0 Å². The van der Waals surface area contributed by atoms with Crippen LogP contribution in [0.3, 0.4) is 0 Å². The molecular formula is C9H16O. The monoisotopic (exact) mass is 140 g/mol. The molecule has 0 spiro atoms. The average Bonchev–Trinajstić information content (AvgIpc) is 1.88. The van der Waals surface area contributed by atoms with E-state index in [2.05, 4.69) is 13.5 Å². The largest absolute Gasteiger partial charge is 0.393 e. The van der Waals surface area contributed by atoms with Crippen molar-refractivity contribution in [3.05, 3.63) is 12.2 Å². The van der Waals surface area contributed by atoms with Crippen LogP contribution in [0.15, 0.2) is 12.2 Å². The predicted octanol–water partition coefficient (Wildman–Crippen LogP) is 2.11. The van der Waals surface area contributed by atoms with Crippen LogP contribution in [0.4, 0.5) is 0 Å². The van der Waals surface area contributed by atoms with Crippen molar-refractivity contribution < 1.29 is 5.11 Å². The van der Waals surface area contributed by atoms with Gasteiger partial charge in [0, 0.05) is 0 Å². The Labute approximate surface area is 62.8 Å². The summed E-state index contributed by atoms with van der Waals surface area (Å²) in [6.45, 7) is 6.01. The van der Waals surface area contributed by atoms with Crippen LogP contribution in [0.2, 0.25) is 0 Å². The van der Waals surface area contributed by atoms with Crippen LogP contribution >= 0.6 is 0 Å². The second-order valence-corrected chi connectivity index (χ2v) is 3.23. The zero-order chi connectivity index (χ0) is 7.56. The lowest BCUT2D eigenvalue weighted by Crippen LogP contribution is -2.24. The molecule has 0 amide bonds. The lowest BCUT2D eigenvalue weighted by Gasteiger charge is -2.27. The molecule has 0 unspecified atom stereocenters. The van der Waals surface area contributed by atoms with Crippen molar-refractivity contribution in [2.45, 2.75) is 38.7 Å². The van der Waals surface area contributed by atoms with Crippen molar-refractivity contribution in [1.29, 1.82) is 0 Å². The zero-order valence-corrected chi connectivity index (χ0v) is 6.64. The first kappa shape index (κ1) is 7.80. The lowest BCUT2D eigenvalue weighted by molar-refractivity contribution is 0.0863. The maximum atomic E-state index is 9.48. The van der Waals surface area contributed by atoms with Crippen molar-refractivity contribution >= 4 is 0 Å². The molecule has 0 saturated heterocycles. The summed E-state index contributed by atoms with van der Waals surface area (Å²) >= 11 is 0. The molecule has 1 rings (SSSR count). The van der Waals surface area contributed by atoms with Gasteiger partial charge >= 0.3 is 0 Å². The molecule has 10 heavy (non-hydrogen) atoms. The number of aliphatic hydroxyl groups excluding tert-OH is 1. The molecule has 58 valence electrons. The maximum Gasteiger partial charge on any atom is 0.0605 e. The molecule has 0 aromatic heterocycles. The number of aliphatic hydroxyl groups is 1. The van der Waals surface area contributed by atoms with Crippen LogP contribution in [0.1, 0.15) is 32.6 Å². The average molecular weight is 140 g/mol. The minimum atomic E-state index is -0.105. The fourth-order valence-corrected chi connectivity index (χ4v) is 1.62. The van der Waals surface area contributed by atoms with E-state index in [9.17, 15) is 5.11 Å². The van der Waals surface area contributed by atoms with Crippen molar-refractivity contribution in [1.82, 2.24) is 0 Å². The van der Waals surface area contributed by atoms with Gasteiger partial charge in [0.25, 0.3) is 0 Å². The Bertz CT molecular complexity index is 129. The highest BCUT2D eigenvalue weighted by atomic mass is 16.3. The van der Waals surface area contributed by atoms with Gasteiger partial charge in [-0.15, -0.1) is 0 Å². The summed E-state index contributed by atoms with van der Waals surface area (Å²) < 4.78 is 0. The van der Waals surface area contributed by atoms with Crippen LogP contribution in [-0.4, -0.2) is 11.2 Å². The van der Waals surface area contributed by atoms with Gasteiger partial charge in [0.05, 0.1) is 6.10 Å². The zero-order valence-electron chi connectivity index (χ0n) is 6.64. The SMILES string of the molecule is C=C1CC[C@H](CC)[C@H](O)C1. The van der Waals surface area contributed by atoms with Gasteiger partial charge in [0.15, 0.2) is 0 Å². The van der Waals surface area contributed by atoms with E-state index in [0.29, 0.717) is 5.92 Å². The summed E-state index contributed by atoms with van der Waals surface area (Å²) in [7, 11) is 0. The Morgan fingerprint density at radius 2 is 2.40 bits per heavy atom. The van der Waals surface area contributed by atoms with Gasteiger partial charge in [-0.25, -0.2) is 0 Å². The van der Waals surface area contributed by atoms with Gasteiger partial charge < -0.3 is 5.11 Å². The summed E-state index contributed by atoms with van der Waals surface area (Å²) in [5.74, 6) is 0.533. The molecule has 1 aliphatic carbocycles. The van der Waals surface area contributed by atoms with Gasteiger partial charge in [0.2, 0.25) is 0 Å². The van der Waals surface area contributed by atoms with Gasteiger partial charge in [-0.3, -0.25) is 0 Å². The van der Waals surface area contributed by atoms with Crippen molar-refractivity contribution in [2.75, 3.05) is 0 Å². The third-order valence-electron chi connectivity index (χ3n) is 2.44. The Balaban J connectivity index is 2.43. The molecule has 1 N–H and O–H groups in total. The summed E-state index contributed by atoms with van der Waals surface area (Å²) in [6, 6.07) is 0. The van der Waals surface area contributed by atoms with E-state index in [0.717, 1.165) is 25.7 Å². The second kappa shape index (κ2) is 3.20. The van der Waals surface area contributed by atoms with Crippen molar-refractivity contribution in [2.24, 2.45) is 5.92 Å². The third kappa shape index (κ3) is 1.60. The highest BCUT2D eigenvalue weighted by molar-refractivity contribution is 5.01. The first-order valence-corrected chi connectivity index (χ1v) is 4.08. The molecule has 2 atom stereocenters. The summed E-state index contributed by atoms with van der Waals surface area (Å²) in [6.07, 6.45) is 4.09.